The fourth-order valence-electron chi connectivity index (χ4n) is 7.59. The minimum absolute atomic E-state index is 0.00250. The number of nitriles is 1. The molecule has 3 saturated heterocycles. The fourth-order valence-corrected chi connectivity index (χ4v) is 8.18. The molecule has 4 aliphatic rings. The summed E-state index contributed by atoms with van der Waals surface area (Å²) in [5.74, 6) is -2.04. The van der Waals surface area contributed by atoms with Gasteiger partial charge >= 0.3 is 6.18 Å². The second-order valence-corrected chi connectivity index (χ2v) is 14.8. The number of anilines is 4. The molecule has 2 unspecified atom stereocenters. The Bertz CT molecular complexity index is 2110. The molecule has 0 radical (unpaired) electrons. The highest BCUT2D eigenvalue weighted by atomic mass is 32.1. The number of rotatable bonds is 11. The molecule has 7 rings (SSSR count). The van der Waals surface area contributed by atoms with Gasteiger partial charge in [0.2, 0.25) is 17.7 Å². The van der Waals surface area contributed by atoms with Crippen LogP contribution >= 0.6 is 12.6 Å². The highest BCUT2D eigenvalue weighted by Crippen LogP contribution is 2.51. The number of pyridine rings is 1. The van der Waals surface area contributed by atoms with Gasteiger partial charge in [-0.3, -0.25) is 39.2 Å². The topological polar surface area (TPSA) is 163 Å². The normalized spacial score (nSPS) is 21.2. The third kappa shape index (κ3) is 8.34. The molecule has 4 heterocycles. The first-order valence-electron chi connectivity index (χ1n) is 18.4. The number of hydrogen-bond acceptors (Lipinski definition) is 12. The van der Waals surface area contributed by atoms with Crippen LogP contribution in [0.25, 0.3) is 0 Å². The molecule has 1 spiro atoms. The van der Waals surface area contributed by atoms with Crippen molar-refractivity contribution < 1.29 is 41.5 Å². The van der Waals surface area contributed by atoms with Gasteiger partial charge in [0, 0.05) is 62.3 Å². The number of carbonyl (C=O) groups is 4. The van der Waals surface area contributed by atoms with E-state index >= 15 is 4.39 Å². The number of nitrogens with one attached hydrogen (secondary N) is 3. The summed E-state index contributed by atoms with van der Waals surface area (Å²) in [6, 6.07) is 12.9. The molecule has 0 bridgehead atoms. The number of imide groups is 1. The predicted octanol–water partition coefficient (Wildman–Crippen LogP) is 3.95. The first-order valence-corrected chi connectivity index (χ1v) is 18.9. The molecular weight excluding hydrogens is 771 g/mol. The van der Waals surface area contributed by atoms with Gasteiger partial charge in [-0.05, 0) is 62.1 Å². The number of alkyl halides is 3. The maximum atomic E-state index is 15.5. The summed E-state index contributed by atoms with van der Waals surface area (Å²) in [5.41, 5.74) is -2.93. The summed E-state index contributed by atoms with van der Waals surface area (Å²) >= 11 is 4.62. The number of piperidine rings is 1. The Morgan fingerprint density at radius 3 is 2.44 bits per heavy atom. The van der Waals surface area contributed by atoms with Crippen LogP contribution in [0.3, 0.4) is 0 Å². The summed E-state index contributed by atoms with van der Waals surface area (Å²) < 4.78 is 62.5. The molecule has 19 heteroatoms. The Labute approximate surface area is 330 Å². The van der Waals surface area contributed by atoms with Gasteiger partial charge in [-0.25, -0.2) is 9.37 Å². The second kappa shape index (κ2) is 16.2. The van der Waals surface area contributed by atoms with E-state index in [2.05, 4.69) is 38.5 Å². The van der Waals surface area contributed by atoms with Crippen molar-refractivity contribution in [2.75, 3.05) is 66.3 Å². The largest absolute Gasteiger partial charge is 0.489 e. The van der Waals surface area contributed by atoms with E-state index in [4.69, 9.17) is 10.00 Å². The first-order chi connectivity index (χ1) is 27.3. The van der Waals surface area contributed by atoms with Crippen molar-refractivity contribution in [3.05, 3.63) is 71.8 Å². The summed E-state index contributed by atoms with van der Waals surface area (Å²) in [7, 11) is 0. The van der Waals surface area contributed by atoms with E-state index in [0.717, 1.165) is 11.1 Å². The lowest BCUT2D eigenvalue weighted by molar-refractivity contribution is -0.138. The zero-order chi connectivity index (χ0) is 40.5. The molecular formula is C38H39F4N9O5S. The van der Waals surface area contributed by atoms with Crippen LogP contribution in [0.4, 0.5) is 40.3 Å². The standard InChI is InChI=1S/C38H39F4N9O5S/c39-28-19-25(51-36(57)50(35(55)37(51)9-2-10-37)26-18-27(38(40,41)42)30(20-43)44-21-26)5-7-31(28)56-16-15-48-11-13-49(14-12-48)22-33(53)46-24-4-1-3-23(17-24)45-29-6-8-32(52)47-34(29)54/h1,3-5,7,17-19,21,29,36,45,57H,2,6,8-16,22H2,(H,46,53)(H,47,52,54). The molecule has 1 aromatic heterocycles. The lowest BCUT2D eigenvalue weighted by atomic mass is 9.75. The van der Waals surface area contributed by atoms with E-state index in [9.17, 15) is 32.3 Å². The highest BCUT2D eigenvalue weighted by Gasteiger charge is 2.60. The molecule has 2 aromatic carbocycles. The van der Waals surface area contributed by atoms with E-state index in [1.54, 1.807) is 35.2 Å². The molecule has 14 nitrogen and oxygen atoms in total. The molecule has 3 N–H and O–H groups in total. The second-order valence-electron chi connectivity index (χ2n) is 14.3. The van der Waals surface area contributed by atoms with Crippen molar-refractivity contribution in [3.8, 4) is 11.8 Å². The predicted molar refractivity (Wildman–Crippen MR) is 203 cm³/mol. The van der Waals surface area contributed by atoms with Crippen LogP contribution < -0.4 is 30.5 Å². The zero-order valence-electron chi connectivity index (χ0n) is 30.5. The van der Waals surface area contributed by atoms with E-state index in [1.165, 1.54) is 18.2 Å². The van der Waals surface area contributed by atoms with Gasteiger partial charge in [0.15, 0.2) is 22.8 Å². The molecule has 1 saturated carbocycles. The molecule has 4 fully saturated rings. The van der Waals surface area contributed by atoms with Crippen molar-refractivity contribution in [2.45, 2.75) is 55.4 Å². The number of nitrogens with zero attached hydrogens (tertiary/aromatic N) is 6. The molecule has 2 atom stereocenters. The quantitative estimate of drug-likeness (QED) is 0.126. The van der Waals surface area contributed by atoms with Crippen LogP contribution in [-0.4, -0.2) is 101 Å². The van der Waals surface area contributed by atoms with Crippen LogP contribution in [0, 0.1) is 17.1 Å². The first kappa shape index (κ1) is 39.8. The Morgan fingerprint density at radius 2 is 1.77 bits per heavy atom. The number of hydrogen-bond donors (Lipinski definition) is 4. The number of aromatic nitrogens is 1. The minimum atomic E-state index is -4.87. The summed E-state index contributed by atoms with van der Waals surface area (Å²) in [6.45, 7) is 3.44. The van der Waals surface area contributed by atoms with E-state index < -0.39 is 46.2 Å². The lowest BCUT2D eigenvalue weighted by Gasteiger charge is -2.44. The van der Waals surface area contributed by atoms with Gasteiger partial charge < -0.3 is 20.3 Å². The maximum Gasteiger partial charge on any atom is 0.419 e. The molecule has 4 amide bonds. The number of piperazine rings is 1. The Kier molecular flexibility index (Phi) is 11.3. The highest BCUT2D eigenvalue weighted by molar-refractivity contribution is 7.81. The van der Waals surface area contributed by atoms with Crippen LogP contribution in [-0.2, 0) is 25.4 Å². The van der Waals surface area contributed by atoms with Gasteiger partial charge in [-0.2, -0.15) is 18.4 Å². The molecule has 57 heavy (non-hydrogen) atoms. The van der Waals surface area contributed by atoms with E-state index in [0.29, 0.717) is 81.5 Å². The minimum Gasteiger partial charge on any atom is -0.489 e. The van der Waals surface area contributed by atoms with E-state index in [-0.39, 0.29) is 48.7 Å². The van der Waals surface area contributed by atoms with Gasteiger partial charge in [0.05, 0.1) is 24.0 Å². The van der Waals surface area contributed by atoms with Gasteiger partial charge in [0.1, 0.15) is 24.3 Å². The van der Waals surface area contributed by atoms with Crippen molar-refractivity contribution >= 4 is 59.0 Å². The fraction of sp³-hybridized carbons (Fsp3) is 0.421. The number of halogens is 4. The van der Waals surface area contributed by atoms with Crippen molar-refractivity contribution in [1.82, 2.24) is 20.1 Å². The third-order valence-corrected chi connectivity index (χ3v) is 11.2. The van der Waals surface area contributed by atoms with Gasteiger partial charge in [0.25, 0.3) is 5.91 Å². The number of benzene rings is 2. The van der Waals surface area contributed by atoms with Crippen molar-refractivity contribution in [1.29, 1.82) is 5.26 Å². The monoisotopic (exact) mass is 809 g/mol. The Morgan fingerprint density at radius 1 is 1.04 bits per heavy atom. The summed E-state index contributed by atoms with van der Waals surface area (Å²) in [5, 5.41) is 17.5. The SMILES string of the molecule is N#Cc1ncc(N2C(=O)C3(CCC3)N(c3ccc(OCCN4CCN(CC(=O)Nc5cccc(NC6CCC(=O)NC6=O)c5)CC4)c(F)c3)C2S)cc1C(F)(F)F. The summed E-state index contributed by atoms with van der Waals surface area (Å²) in [4.78, 5) is 60.7. The van der Waals surface area contributed by atoms with Crippen LogP contribution in [0.5, 0.6) is 5.75 Å². The average Bonchev–Trinajstić information content (AvgIpc) is 3.40. The van der Waals surface area contributed by atoms with Gasteiger partial charge in [-0.15, -0.1) is 12.6 Å². The zero-order valence-corrected chi connectivity index (χ0v) is 31.4. The number of amides is 4. The molecule has 3 aromatic rings. The maximum absolute atomic E-state index is 15.5. The summed E-state index contributed by atoms with van der Waals surface area (Å²) in [6.07, 6.45) is -1.73. The average molecular weight is 810 g/mol. The smallest absolute Gasteiger partial charge is 0.419 e. The number of ether oxygens (including phenoxy) is 1. The third-order valence-electron chi connectivity index (χ3n) is 10.7. The van der Waals surface area contributed by atoms with Crippen LogP contribution in [0.2, 0.25) is 0 Å². The number of carbonyl (C=O) groups excluding carboxylic acids is 4. The molecule has 3 aliphatic heterocycles. The Balaban J connectivity index is 0.892. The Hall–Kier alpha value is -5.45. The molecule has 1 aliphatic carbocycles. The lowest BCUT2D eigenvalue weighted by Crippen LogP contribution is -2.55. The van der Waals surface area contributed by atoms with Crippen LogP contribution in [0.15, 0.2) is 54.7 Å². The van der Waals surface area contributed by atoms with Gasteiger partial charge in [-0.1, -0.05) is 6.07 Å². The van der Waals surface area contributed by atoms with Crippen molar-refractivity contribution in [3.63, 3.8) is 0 Å². The number of thiol groups is 1. The van der Waals surface area contributed by atoms with E-state index in [1.807, 2.05) is 4.90 Å². The van der Waals surface area contributed by atoms with Crippen LogP contribution in [0.1, 0.15) is 43.4 Å². The van der Waals surface area contributed by atoms with Crippen molar-refractivity contribution in [2.24, 2.45) is 0 Å². The molecule has 300 valence electrons.